The third-order valence-corrected chi connectivity index (χ3v) is 2.76. The Labute approximate surface area is 96.0 Å². The standard InChI is InChI=1S/C11H11F3N2O/c12-6-4-8(14)10(5-7(6)13)16-3-1-2-9(15)11(16)17/h4-5,9H,1-3,15H2. The first kappa shape index (κ1) is 11.9. The van der Waals surface area contributed by atoms with Crippen LogP contribution in [0, 0.1) is 17.5 Å². The number of hydrogen-bond donors (Lipinski definition) is 1. The van der Waals surface area contributed by atoms with Gasteiger partial charge in [-0.25, -0.2) is 13.2 Å². The van der Waals surface area contributed by atoms with E-state index in [4.69, 9.17) is 5.73 Å². The fourth-order valence-corrected chi connectivity index (χ4v) is 1.86. The van der Waals surface area contributed by atoms with E-state index in [2.05, 4.69) is 0 Å². The van der Waals surface area contributed by atoms with Gasteiger partial charge in [0.05, 0.1) is 11.7 Å². The average molecular weight is 244 g/mol. The first-order valence-electron chi connectivity index (χ1n) is 5.22. The number of nitrogens with two attached hydrogens (primary N) is 1. The molecule has 1 amide bonds. The lowest BCUT2D eigenvalue weighted by Gasteiger charge is -2.30. The lowest BCUT2D eigenvalue weighted by Crippen LogP contribution is -2.48. The van der Waals surface area contributed by atoms with Crippen molar-refractivity contribution in [2.45, 2.75) is 18.9 Å². The molecular formula is C11H11F3N2O. The number of carbonyl (C=O) groups is 1. The smallest absolute Gasteiger partial charge is 0.243 e. The van der Waals surface area contributed by atoms with Gasteiger partial charge >= 0.3 is 0 Å². The summed E-state index contributed by atoms with van der Waals surface area (Å²) in [5.74, 6) is -3.90. The van der Waals surface area contributed by atoms with Gasteiger partial charge in [-0.15, -0.1) is 0 Å². The SMILES string of the molecule is NC1CCCN(c2cc(F)c(F)cc2F)C1=O. The summed E-state index contributed by atoms with van der Waals surface area (Å²) >= 11 is 0. The molecule has 1 fully saturated rings. The molecule has 0 spiro atoms. The zero-order valence-electron chi connectivity index (χ0n) is 8.92. The Morgan fingerprint density at radius 3 is 2.53 bits per heavy atom. The Balaban J connectivity index is 2.39. The summed E-state index contributed by atoms with van der Waals surface area (Å²) < 4.78 is 39.3. The number of carbonyl (C=O) groups excluding carboxylic acids is 1. The molecule has 92 valence electrons. The van der Waals surface area contributed by atoms with E-state index < -0.39 is 29.4 Å². The molecule has 0 saturated carbocycles. The van der Waals surface area contributed by atoms with Gasteiger partial charge in [-0.1, -0.05) is 0 Å². The summed E-state index contributed by atoms with van der Waals surface area (Å²) in [6.45, 7) is 0.258. The van der Waals surface area contributed by atoms with Crippen LogP contribution in [-0.2, 0) is 4.79 Å². The topological polar surface area (TPSA) is 46.3 Å². The highest BCUT2D eigenvalue weighted by Crippen LogP contribution is 2.25. The van der Waals surface area contributed by atoms with E-state index >= 15 is 0 Å². The second kappa shape index (κ2) is 4.37. The van der Waals surface area contributed by atoms with Crippen molar-refractivity contribution in [1.29, 1.82) is 0 Å². The van der Waals surface area contributed by atoms with Crippen molar-refractivity contribution >= 4 is 11.6 Å². The Morgan fingerprint density at radius 2 is 1.82 bits per heavy atom. The summed E-state index contributed by atoms with van der Waals surface area (Å²) in [4.78, 5) is 12.8. The molecule has 0 aromatic heterocycles. The Hall–Kier alpha value is -1.56. The van der Waals surface area contributed by atoms with Gasteiger partial charge in [0, 0.05) is 18.7 Å². The quantitative estimate of drug-likeness (QED) is 0.762. The van der Waals surface area contributed by atoms with Crippen LogP contribution in [0.15, 0.2) is 12.1 Å². The van der Waals surface area contributed by atoms with Gasteiger partial charge in [-0.05, 0) is 12.8 Å². The molecular weight excluding hydrogens is 233 g/mol. The molecule has 0 aliphatic carbocycles. The molecule has 3 nitrogen and oxygen atoms in total. The highest BCUT2D eigenvalue weighted by molar-refractivity contribution is 5.97. The van der Waals surface area contributed by atoms with E-state index in [0.29, 0.717) is 25.0 Å². The van der Waals surface area contributed by atoms with Crippen molar-refractivity contribution in [3.63, 3.8) is 0 Å². The van der Waals surface area contributed by atoms with Crippen LogP contribution < -0.4 is 10.6 Å². The molecule has 1 atom stereocenters. The maximum absolute atomic E-state index is 13.5. The van der Waals surface area contributed by atoms with Crippen LogP contribution in [-0.4, -0.2) is 18.5 Å². The van der Waals surface area contributed by atoms with E-state index in [9.17, 15) is 18.0 Å². The monoisotopic (exact) mass is 244 g/mol. The number of halogens is 3. The molecule has 17 heavy (non-hydrogen) atoms. The number of benzene rings is 1. The number of anilines is 1. The number of nitrogens with zero attached hydrogens (tertiary/aromatic N) is 1. The van der Waals surface area contributed by atoms with Crippen molar-refractivity contribution < 1.29 is 18.0 Å². The highest BCUT2D eigenvalue weighted by atomic mass is 19.2. The molecule has 1 aliphatic rings. The molecule has 1 saturated heterocycles. The van der Waals surface area contributed by atoms with Crippen LogP contribution in [0.3, 0.4) is 0 Å². The molecule has 1 aromatic carbocycles. The van der Waals surface area contributed by atoms with Crippen LogP contribution in [0.25, 0.3) is 0 Å². The number of rotatable bonds is 1. The molecule has 1 aromatic rings. The van der Waals surface area contributed by atoms with Gasteiger partial charge in [0.1, 0.15) is 5.82 Å². The maximum Gasteiger partial charge on any atom is 0.243 e. The Kier molecular flexibility index (Phi) is 3.06. The predicted octanol–water partition coefficient (Wildman–Crippen LogP) is 1.56. The second-order valence-corrected chi connectivity index (χ2v) is 3.96. The van der Waals surface area contributed by atoms with E-state index in [1.807, 2.05) is 0 Å². The van der Waals surface area contributed by atoms with Crippen LogP contribution in [0.1, 0.15) is 12.8 Å². The van der Waals surface area contributed by atoms with Crippen LogP contribution in [0.4, 0.5) is 18.9 Å². The molecule has 1 aliphatic heterocycles. The third kappa shape index (κ3) is 2.12. The second-order valence-electron chi connectivity index (χ2n) is 3.96. The fraction of sp³-hybridized carbons (Fsp3) is 0.364. The first-order chi connectivity index (χ1) is 8.00. The third-order valence-electron chi connectivity index (χ3n) is 2.76. The summed E-state index contributed by atoms with van der Waals surface area (Å²) in [5, 5.41) is 0. The predicted molar refractivity (Wildman–Crippen MR) is 55.9 cm³/mol. The van der Waals surface area contributed by atoms with Crippen molar-refractivity contribution in [2.24, 2.45) is 5.73 Å². The summed E-state index contributed by atoms with van der Waals surface area (Å²) in [6.07, 6.45) is 1.12. The minimum Gasteiger partial charge on any atom is -0.320 e. The van der Waals surface area contributed by atoms with E-state index in [1.54, 1.807) is 0 Å². The van der Waals surface area contributed by atoms with Gasteiger partial charge in [0.25, 0.3) is 0 Å². The van der Waals surface area contributed by atoms with Crippen LogP contribution in [0.2, 0.25) is 0 Å². The summed E-state index contributed by atoms with van der Waals surface area (Å²) in [5.41, 5.74) is 5.28. The highest BCUT2D eigenvalue weighted by Gasteiger charge is 2.29. The van der Waals surface area contributed by atoms with Crippen molar-refractivity contribution in [2.75, 3.05) is 11.4 Å². The molecule has 0 bridgehead atoms. The first-order valence-corrected chi connectivity index (χ1v) is 5.22. The van der Waals surface area contributed by atoms with Gasteiger partial charge in [-0.2, -0.15) is 0 Å². The normalized spacial score (nSPS) is 20.8. The lowest BCUT2D eigenvalue weighted by molar-refractivity contribution is -0.120. The minimum atomic E-state index is -1.28. The van der Waals surface area contributed by atoms with E-state index in [0.717, 1.165) is 4.90 Å². The average Bonchev–Trinajstić information content (AvgIpc) is 2.28. The summed E-state index contributed by atoms with van der Waals surface area (Å²) in [7, 11) is 0. The minimum absolute atomic E-state index is 0.258. The van der Waals surface area contributed by atoms with Gasteiger partial charge in [-0.3, -0.25) is 4.79 Å². The van der Waals surface area contributed by atoms with Crippen molar-refractivity contribution in [1.82, 2.24) is 0 Å². The molecule has 6 heteroatoms. The molecule has 0 radical (unpaired) electrons. The fourth-order valence-electron chi connectivity index (χ4n) is 1.86. The van der Waals surface area contributed by atoms with Gasteiger partial charge in [0.15, 0.2) is 11.6 Å². The zero-order valence-corrected chi connectivity index (χ0v) is 8.92. The number of hydrogen-bond acceptors (Lipinski definition) is 2. The van der Waals surface area contributed by atoms with Crippen molar-refractivity contribution in [3.8, 4) is 0 Å². The van der Waals surface area contributed by atoms with E-state index in [-0.39, 0.29) is 12.2 Å². The lowest BCUT2D eigenvalue weighted by atomic mass is 10.0. The molecule has 2 rings (SSSR count). The summed E-state index contributed by atoms with van der Waals surface area (Å²) in [6, 6.07) is 0.398. The van der Waals surface area contributed by atoms with Gasteiger partial charge < -0.3 is 10.6 Å². The Bertz CT molecular complexity index is 464. The molecule has 2 N–H and O–H groups in total. The maximum atomic E-state index is 13.5. The van der Waals surface area contributed by atoms with Crippen molar-refractivity contribution in [3.05, 3.63) is 29.6 Å². The van der Waals surface area contributed by atoms with Crippen LogP contribution in [0.5, 0.6) is 0 Å². The molecule has 1 unspecified atom stereocenters. The number of piperidine rings is 1. The Morgan fingerprint density at radius 1 is 1.18 bits per heavy atom. The zero-order chi connectivity index (χ0) is 12.6. The van der Waals surface area contributed by atoms with Gasteiger partial charge in [0.2, 0.25) is 5.91 Å². The number of amides is 1. The van der Waals surface area contributed by atoms with Crippen LogP contribution >= 0.6 is 0 Å². The largest absolute Gasteiger partial charge is 0.320 e. The van der Waals surface area contributed by atoms with E-state index in [1.165, 1.54) is 0 Å². The molecule has 1 heterocycles.